The lowest BCUT2D eigenvalue weighted by Gasteiger charge is -1.87. The minimum absolute atomic E-state index is 0.180. The van der Waals surface area contributed by atoms with Gasteiger partial charge in [0, 0.05) is 14.5 Å². The molecule has 0 bridgehead atoms. The molecule has 0 heterocycles. The van der Waals surface area contributed by atoms with E-state index in [2.05, 4.69) is 4.72 Å². The second kappa shape index (κ2) is 3.03. The number of carbonyl (C=O) groups excluding carboxylic acids is 1. The molecule has 0 saturated heterocycles. The average molecular weight is 106 g/mol. The first-order valence-corrected chi connectivity index (χ1v) is 2.64. The summed E-state index contributed by atoms with van der Waals surface area (Å²) < 4.78 is 8.87. The van der Waals surface area contributed by atoms with Crippen molar-refractivity contribution in [3.05, 3.63) is 0 Å². The molecule has 0 radical (unpaired) electrons. The van der Waals surface area contributed by atoms with Crippen molar-refractivity contribution in [3.63, 3.8) is 0 Å². The fraction of sp³-hybridized carbons (Fsp3) is 0.667. The molecule has 0 aromatic heterocycles. The molecular weight excluding hydrogens is 98.1 g/mol. The highest BCUT2D eigenvalue weighted by Crippen LogP contribution is 1.77. The van der Waals surface area contributed by atoms with Gasteiger partial charge in [0.1, 0.15) is 0 Å². The fourth-order valence-electron chi connectivity index (χ4n) is 0.114. The molecule has 0 aliphatic heterocycles. The van der Waals surface area contributed by atoms with Crippen molar-refractivity contribution in [3.8, 4) is 0 Å². The van der Waals surface area contributed by atoms with Crippen LogP contribution in [0.25, 0.3) is 0 Å². The number of hydrogen-bond donors (Lipinski definition) is 1. The van der Waals surface area contributed by atoms with Crippen LogP contribution in [0.1, 0.15) is 8.27 Å². The second-order valence-corrected chi connectivity index (χ2v) is 1.34. The normalized spacial score (nSPS) is 9.83. The van der Waals surface area contributed by atoms with Crippen LogP contribution >= 0.6 is 11.9 Å². The van der Waals surface area contributed by atoms with Crippen molar-refractivity contribution in [2.45, 2.75) is 6.90 Å². The molecule has 36 valence electrons. The van der Waals surface area contributed by atoms with Gasteiger partial charge < -0.3 is 4.72 Å². The van der Waals surface area contributed by atoms with E-state index >= 15 is 0 Å². The highest BCUT2D eigenvalue weighted by molar-refractivity contribution is 7.97. The first kappa shape index (κ1) is 3.99. The Labute approximate surface area is 42.8 Å². The van der Waals surface area contributed by atoms with Gasteiger partial charge in [0.15, 0.2) is 0 Å². The molecule has 0 aliphatic carbocycles. The number of carbonyl (C=O) groups is 1. The van der Waals surface area contributed by atoms with Crippen LogP contribution in [-0.4, -0.2) is 12.2 Å². The highest BCUT2D eigenvalue weighted by atomic mass is 32.2. The summed E-state index contributed by atoms with van der Waals surface area (Å²) in [4.78, 5) is 10.1. The zero-order valence-corrected chi connectivity index (χ0v) is 4.34. The molecule has 0 fully saturated rings. The lowest BCUT2D eigenvalue weighted by Crippen LogP contribution is -2.08. The van der Waals surface area contributed by atoms with E-state index in [-0.39, 0.29) is 12.8 Å². The van der Waals surface area contributed by atoms with Gasteiger partial charge in [-0.2, -0.15) is 0 Å². The third-order valence-corrected chi connectivity index (χ3v) is 0.648. The molecule has 0 aromatic rings. The predicted octanol–water partition coefficient (Wildman–Crippen LogP) is 0.401. The first-order chi connectivity index (χ1) is 3.31. The van der Waals surface area contributed by atoms with Gasteiger partial charge in [-0.3, -0.25) is 4.79 Å². The van der Waals surface area contributed by atoms with Gasteiger partial charge in [0.25, 0.3) is 0 Å². The lowest BCUT2D eigenvalue weighted by atomic mass is 10.8. The zero-order chi connectivity index (χ0) is 5.70. The molecule has 3 heteroatoms. The maximum absolute atomic E-state index is 10.1. The number of amides is 1. The van der Waals surface area contributed by atoms with Gasteiger partial charge in [-0.05, 0) is 0 Å². The van der Waals surface area contributed by atoms with Crippen LogP contribution in [0.4, 0.5) is 0 Å². The van der Waals surface area contributed by atoms with Crippen molar-refractivity contribution in [2.24, 2.45) is 0 Å². The Kier molecular flexibility index (Phi) is 2.01. The molecule has 0 spiro atoms. The summed E-state index contributed by atoms with van der Waals surface area (Å²) >= 11 is 1.21. The maximum Gasteiger partial charge on any atom is 0.226 e. The predicted molar refractivity (Wildman–Crippen MR) is 27.3 cm³/mol. The average Bonchev–Trinajstić information content (AvgIpc) is 1.68. The van der Waals surface area contributed by atoms with Crippen LogP contribution in [0.15, 0.2) is 0 Å². The van der Waals surface area contributed by atoms with Gasteiger partial charge in [-0.15, -0.1) is 0 Å². The van der Waals surface area contributed by atoms with Crippen molar-refractivity contribution >= 4 is 17.9 Å². The summed E-state index contributed by atoms with van der Waals surface area (Å²) in [5.74, 6) is -0.243. The molecule has 1 amide bonds. The molecule has 1 N–H and O–H groups in total. The van der Waals surface area contributed by atoms with Gasteiger partial charge >= 0.3 is 0 Å². The summed E-state index contributed by atoms with van der Waals surface area (Å²) in [7, 11) is 0. The zero-order valence-electron chi connectivity index (χ0n) is 4.52. The molecule has 0 aliphatic rings. The Hall–Kier alpha value is -0.180. The van der Waals surface area contributed by atoms with Gasteiger partial charge in [0.05, 0.1) is 0 Å². The molecular formula is C3H7NOS. The van der Waals surface area contributed by atoms with E-state index in [1.807, 2.05) is 0 Å². The SMILES string of the molecule is [2H]CC(=O)NSC. The van der Waals surface area contributed by atoms with Crippen molar-refractivity contribution in [1.82, 2.24) is 4.72 Å². The van der Waals surface area contributed by atoms with E-state index in [0.717, 1.165) is 0 Å². The first-order valence-electron chi connectivity index (χ1n) is 2.13. The Morgan fingerprint density at radius 2 is 2.83 bits per heavy atom. The molecule has 0 unspecified atom stereocenters. The molecule has 0 atom stereocenters. The third-order valence-electron chi connectivity index (χ3n) is 0.216. The molecule has 0 rings (SSSR count). The smallest absolute Gasteiger partial charge is 0.226 e. The largest absolute Gasteiger partial charge is 0.301 e. The quantitative estimate of drug-likeness (QED) is 0.490. The van der Waals surface area contributed by atoms with Crippen LogP contribution in [0.5, 0.6) is 0 Å². The van der Waals surface area contributed by atoms with E-state index in [9.17, 15) is 4.79 Å². The Balaban J connectivity index is 3.00. The summed E-state index contributed by atoms with van der Waals surface area (Å²) in [6.45, 7) is -0.180. The van der Waals surface area contributed by atoms with Crippen LogP contribution < -0.4 is 4.72 Å². The number of rotatable bonds is 1. The van der Waals surface area contributed by atoms with E-state index in [4.69, 9.17) is 1.37 Å². The summed E-state index contributed by atoms with van der Waals surface area (Å²) in [5, 5.41) is 0. The summed E-state index contributed by atoms with van der Waals surface area (Å²) in [6, 6.07) is 0. The Bertz CT molecular complexity index is 68.0. The topological polar surface area (TPSA) is 29.1 Å². The van der Waals surface area contributed by atoms with E-state index < -0.39 is 0 Å². The van der Waals surface area contributed by atoms with Crippen LogP contribution in [0.3, 0.4) is 0 Å². The minimum Gasteiger partial charge on any atom is -0.301 e. The molecule has 2 nitrogen and oxygen atoms in total. The number of nitrogens with one attached hydrogen (secondary N) is 1. The number of hydrogen-bond acceptors (Lipinski definition) is 2. The highest BCUT2D eigenvalue weighted by Gasteiger charge is 1.79. The fourth-order valence-corrected chi connectivity index (χ4v) is 0.342. The molecule has 0 saturated carbocycles. The van der Waals surface area contributed by atoms with Gasteiger partial charge in [0.2, 0.25) is 5.91 Å². The van der Waals surface area contributed by atoms with Crippen LogP contribution in [0.2, 0.25) is 0 Å². The summed E-state index contributed by atoms with van der Waals surface area (Å²) in [5.41, 5.74) is 0. The van der Waals surface area contributed by atoms with Gasteiger partial charge in [-0.1, -0.05) is 11.9 Å². The minimum atomic E-state index is -0.243. The van der Waals surface area contributed by atoms with Crippen molar-refractivity contribution < 1.29 is 6.17 Å². The Morgan fingerprint density at radius 3 is 3.00 bits per heavy atom. The van der Waals surface area contributed by atoms with E-state index in [1.54, 1.807) is 6.26 Å². The second-order valence-electron chi connectivity index (χ2n) is 0.729. The van der Waals surface area contributed by atoms with Crippen molar-refractivity contribution in [2.75, 3.05) is 6.26 Å². The van der Waals surface area contributed by atoms with Gasteiger partial charge in [-0.25, -0.2) is 0 Å². The lowest BCUT2D eigenvalue weighted by molar-refractivity contribution is -0.117. The van der Waals surface area contributed by atoms with E-state index in [0.29, 0.717) is 0 Å². The molecule has 6 heavy (non-hydrogen) atoms. The maximum atomic E-state index is 10.1. The molecule has 0 aromatic carbocycles. The summed E-state index contributed by atoms with van der Waals surface area (Å²) in [6.07, 6.45) is 1.74. The Morgan fingerprint density at radius 1 is 2.17 bits per heavy atom. The monoisotopic (exact) mass is 106 g/mol. The third kappa shape index (κ3) is 3.82. The van der Waals surface area contributed by atoms with Crippen LogP contribution in [-0.2, 0) is 4.79 Å². The van der Waals surface area contributed by atoms with E-state index in [1.165, 1.54) is 11.9 Å². The standard InChI is InChI=1S/C3H7NOS/c1-3(5)4-6-2/h1-2H3,(H,4,5)/i1D. The van der Waals surface area contributed by atoms with Crippen LogP contribution in [0, 0.1) is 0 Å². The van der Waals surface area contributed by atoms with Crippen molar-refractivity contribution in [1.29, 1.82) is 0 Å².